The molecule has 0 aromatic carbocycles. The van der Waals surface area contributed by atoms with E-state index in [1.165, 1.54) is 6.33 Å². The molecule has 0 bridgehead atoms. The molecule has 0 amide bonds. The van der Waals surface area contributed by atoms with E-state index < -0.39 is 12.1 Å². The molecule has 0 saturated heterocycles. The van der Waals surface area contributed by atoms with Gasteiger partial charge in [0.05, 0.1) is 5.92 Å². The topological polar surface area (TPSA) is 51.0 Å². The Balaban J connectivity index is 1.73. The minimum atomic E-state index is -4.06. The highest BCUT2D eigenvalue weighted by molar-refractivity contribution is 4.83. The van der Waals surface area contributed by atoms with Gasteiger partial charge in [0.25, 0.3) is 0 Å². The molecule has 1 aliphatic carbocycles. The maximum atomic E-state index is 12.6. The number of halogens is 3. The van der Waals surface area contributed by atoms with Crippen LogP contribution < -0.4 is 5.32 Å². The minimum absolute atomic E-state index is 0.0618. The lowest BCUT2D eigenvalue weighted by Gasteiger charge is -2.31. The Hall–Kier alpha value is -1.11. The molecule has 4 nitrogen and oxygen atoms in total. The summed E-state index contributed by atoms with van der Waals surface area (Å²) in [5, 5.41) is 6.60. The fraction of sp³-hybridized carbons (Fsp3) is 0.818. The average Bonchev–Trinajstić information content (AvgIpc) is 2.81. The lowest BCUT2D eigenvalue weighted by molar-refractivity contribution is -0.183. The summed E-state index contributed by atoms with van der Waals surface area (Å²) in [5.74, 6) is -0.655. The third-order valence-corrected chi connectivity index (χ3v) is 3.32. The SMILES string of the molecule is FC(F)(F)C1CCCC(NCCc2ncno2)C1. The molecule has 2 rings (SSSR count). The van der Waals surface area contributed by atoms with Crippen molar-refractivity contribution >= 4 is 0 Å². The quantitative estimate of drug-likeness (QED) is 0.905. The van der Waals surface area contributed by atoms with Gasteiger partial charge in [0.2, 0.25) is 5.89 Å². The van der Waals surface area contributed by atoms with Crippen LogP contribution in [0.5, 0.6) is 0 Å². The van der Waals surface area contributed by atoms with Crippen LogP contribution in [0.15, 0.2) is 10.9 Å². The number of hydrogen-bond acceptors (Lipinski definition) is 4. The third kappa shape index (κ3) is 3.69. The molecule has 102 valence electrons. The highest BCUT2D eigenvalue weighted by Crippen LogP contribution is 2.37. The van der Waals surface area contributed by atoms with Gasteiger partial charge in [0.15, 0.2) is 6.33 Å². The number of nitrogens with zero attached hydrogens (tertiary/aromatic N) is 2. The molecule has 1 saturated carbocycles. The summed E-state index contributed by atoms with van der Waals surface area (Å²) in [4.78, 5) is 3.86. The van der Waals surface area contributed by atoms with E-state index in [1.807, 2.05) is 0 Å². The Labute approximate surface area is 103 Å². The molecule has 7 heteroatoms. The van der Waals surface area contributed by atoms with Crippen molar-refractivity contribution in [3.8, 4) is 0 Å². The fourth-order valence-electron chi connectivity index (χ4n) is 2.36. The number of alkyl halides is 3. The molecule has 0 aliphatic heterocycles. The Bertz CT molecular complexity index is 353. The molecule has 18 heavy (non-hydrogen) atoms. The van der Waals surface area contributed by atoms with Crippen molar-refractivity contribution in [2.24, 2.45) is 5.92 Å². The Morgan fingerprint density at radius 1 is 1.39 bits per heavy atom. The molecule has 1 N–H and O–H groups in total. The first-order valence-corrected chi connectivity index (χ1v) is 6.11. The fourth-order valence-corrected chi connectivity index (χ4v) is 2.36. The van der Waals surface area contributed by atoms with Crippen LogP contribution in [0, 0.1) is 5.92 Å². The molecule has 1 aromatic rings. The zero-order chi connectivity index (χ0) is 13.0. The van der Waals surface area contributed by atoms with Crippen molar-refractivity contribution in [3.05, 3.63) is 12.2 Å². The van der Waals surface area contributed by atoms with Gasteiger partial charge in [-0.3, -0.25) is 0 Å². The van der Waals surface area contributed by atoms with E-state index in [2.05, 4.69) is 15.5 Å². The van der Waals surface area contributed by atoms with E-state index in [0.29, 0.717) is 25.3 Å². The van der Waals surface area contributed by atoms with Crippen molar-refractivity contribution in [2.75, 3.05) is 6.54 Å². The normalized spacial score (nSPS) is 25.3. The molecule has 1 heterocycles. The second-order valence-corrected chi connectivity index (χ2v) is 4.64. The smallest absolute Gasteiger partial charge is 0.340 e. The Morgan fingerprint density at radius 3 is 2.89 bits per heavy atom. The van der Waals surface area contributed by atoms with Gasteiger partial charge in [-0.15, -0.1) is 0 Å². The van der Waals surface area contributed by atoms with E-state index >= 15 is 0 Å². The summed E-state index contributed by atoms with van der Waals surface area (Å²) < 4.78 is 42.6. The van der Waals surface area contributed by atoms with Gasteiger partial charge in [-0.25, -0.2) is 0 Å². The molecule has 2 atom stereocenters. The van der Waals surface area contributed by atoms with E-state index in [1.54, 1.807) is 0 Å². The van der Waals surface area contributed by atoms with Crippen LogP contribution in [0.1, 0.15) is 31.6 Å². The van der Waals surface area contributed by atoms with Gasteiger partial charge < -0.3 is 9.84 Å². The van der Waals surface area contributed by atoms with E-state index in [9.17, 15) is 13.2 Å². The zero-order valence-electron chi connectivity index (χ0n) is 9.91. The van der Waals surface area contributed by atoms with Crippen LogP contribution in [-0.2, 0) is 6.42 Å². The number of nitrogens with one attached hydrogen (secondary N) is 1. The van der Waals surface area contributed by atoms with Crippen LogP contribution in [-0.4, -0.2) is 28.9 Å². The number of rotatable bonds is 4. The predicted molar refractivity (Wildman–Crippen MR) is 57.8 cm³/mol. The molecule has 0 spiro atoms. The standard InChI is InChI=1S/C11H16F3N3O/c12-11(13,14)8-2-1-3-9(6-8)15-5-4-10-16-7-17-18-10/h7-9,15H,1-6H2. The lowest BCUT2D eigenvalue weighted by atomic mass is 9.85. The summed E-state index contributed by atoms with van der Waals surface area (Å²) in [6.45, 7) is 0.567. The summed E-state index contributed by atoms with van der Waals surface area (Å²) in [6, 6.07) is -0.0618. The van der Waals surface area contributed by atoms with Crippen LogP contribution >= 0.6 is 0 Å². The summed E-state index contributed by atoms with van der Waals surface area (Å²) in [6.07, 6.45) is -0.340. The van der Waals surface area contributed by atoms with Gasteiger partial charge in [0.1, 0.15) is 0 Å². The van der Waals surface area contributed by atoms with Gasteiger partial charge in [-0.2, -0.15) is 18.2 Å². The van der Waals surface area contributed by atoms with E-state index in [4.69, 9.17) is 4.52 Å². The Kier molecular flexibility index (Phi) is 4.21. The molecule has 2 unspecified atom stereocenters. The highest BCUT2D eigenvalue weighted by Gasteiger charge is 2.41. The predicted octanol–water partition coefficient (Wildman–Crippen LogP) is 2.32. The van der Waals surface area contributed by atoms with Crippen molar-refractivity contribution < 1.29 is 17.7 Å². The van der Waals surface area contributed by atoms with E-state index in [0.717, 1.165) is 6.42 Å². The maximum Gasteiger partial charge on any atom is 0.391 e. The molecular formula is C11H16F3N3O. The monoisotopic (exact) mass is 263 g/mol. The minimum Gasteiger partial charge on any atom is -0.340 e. The second-order valence-electron chi connectivity index (χ2n) is 4.64. The first-order chi connectivity index (χ1) is 8.55. The van der Waals surface area contributed by atoms with Crippen LogP contribution in [0.4, 0.5) is 13.2 Å². The number of aromatic nitrogens is 2. The summed E-state index contributed by atoms with van der Waals surface area (Å²) >= 11 is 0. The van der Waals surface area contributed by atoms with Gasteiger partial charge in [0, 0.05) is 19.0 Å². The second kappa shape index (κ2) is 5.69. The largest absolute Gasteiger partial charge is 0.391 e. The van der Waals surface area contributed by atoms with Gasteiger partial charge in [-0.05, 0) is 19.3 Å². The number of hydrogen-bond donors (Lipinski definition) is 1. The van der Waals surface area contributed by atoms with Crippen LogP contribution in [0.3, 0.4) is 0 Å². The molecule has 1 aliphatic rings. The zero-order valence-corrected chi connectivity index (χ0v) is 9.91. The highest BCUT2D eigenvalue weighted by atomic mass is 19.4. The summed E-state index contributed by atoms with van der Waals surface area (Å²) in [5.41, 5.74) is 0. The van der Waals surface area contributed by atoms with Crippen molar-refractivity contribution in [3.63, 3.8) is 0 Å². The third-order valence-electron chi connectivity index (χ3n) is 3.32. The molecule has 1 aromatic heterocycles. The molecule has 0 radical (unpaired) electrons. The van der Waals surface area contributed by atoms with Crippen LogP contribution in [0.2, 0.25) is 0 Å². The first-order valence-electron chi connectivity index (χ1n) is 6.11. The first kappa shape index (κ1) is 13.3. The van der Waals surface area contributed by atoms with E-state index in [-0.39, 0.29) is 18.9 Å². The van der Waals surface area contributed by atoms with Gasteiger partial charge >= 0.3 is 6.18 Å². The molecule has 1 fully saturated rings. The van der Waals surface area contributed by atoms with Gasteiger partial charge in [-0.1, -0.05) is 11.6 Å². The summed E-state index contributed by atoms with van der Waals surface area (Å²) in [7, 11) is 0. The average molecular weight is 263 g/mol. The molecular weight excluding hydrogens is 247 g/mol. The maximum absolute atomic E-state index is 12.6. The van der Waals surface area contributed by atoms with Crippen molar-refractivity contribution in [1.82, 2.24) is 15.5 Å². The Morgan fingerprint density at radius 2 is 2.22 bits per heavy atom. The lowest BCUT2D eigenvalue weighted by Crippen LogP contribution is -2.39. The van der Waals surface area contributed by atoms with Crippen molar-refractivity contribution in [2.45, 2.75) is 44.3 Å². The van der Waals surface area contributed by atoms with Crippen LogP contribution in [0.25, 0.3) is 0 Å². The van der Waals surface area contributed by atoms with Crippen molar-refractivity contribution in [1.29, 1.82) is 0 Å².